The summed E-state index contributed by atoms with van der Waals surface area (Å²) in [5.41, 5.74) is 3.86. The van der Waals surface area contributed by atoms with Crippen LogP contribution in [0.5, 0.6) is 5.75 Å². The van der Waals surface area contributed by atoms with E-state index < -0.39 is 0 Å². The number of hydrogen-bond donors (Lipinski definition) is 1. The van der Waals surface area contributed by atoms with E-state index in [-0.39, 0.29) is 5.75 Å². The van der Waals surface area contributed by atoms with Crippen LogP contribution < -0.4 is 0 Å². The maximum absolute atomic E-state index is 10.3. The molecular weight excluding hydrogens is 535 g/mol. The topological polar surface area (TPSA) is 45.5 Å². The van der Waals surface area contributed by atoms with E-state index in [1.54, 1.807) is 35.4 Å². The van der Waals surface area contributed by atoms with Crippen molar-refractivity contribution in [2.24, 2.45) is 4.99 Å². The molecule has 31 heavy (non-hydrogen) atoms. The van der Waals surface area contributed by atoms with Crippen LogP contribution in [0.2, 0.25) is 0 Å². The molecule has 152 valence electrons. The lowest BCUT2D eigenvalue weighted by molar-refractivity contribution is 0.475. The molecule has 0 atom stereocenters. The quantitative estimate of drug-likeness (QED) is 0.138. The number of benzene rings is 4. The molecule has 5 aromatic rings. The highest BCUT2D eigenvalue weighted by Crippen LogP contribution is 2.34. The standard InChI is InChI=1S/C25H17IN2OS2/c26-18-8-5-16(6-9-18)15-30-25-28-22-11-10-19(13-24(22)31-25)27-14-21-20-4-2-1-3-17(20)7-12-23(21)29/h1-14,29H,15H2. The molecule has 0 radical (unpaired) electrons. The van der Waals surface area contributed by atoms with E-state index in [1.807, 2.05) is 42.5 Å². The summed E-state index contributed by atoms with van der Waals surface area (Å²) in [6.45, 7) is 0. The molecule has 0 saturated carbocycles. The van der Waals surface area contributed by atoms with Crippen LogP contribution in [0, 0.1) is 3.57 Å². The predicted octanol–water partition coefficient (Wildman–Crippen LogP) is 7.80. The van der Waals surface area contributed by atoms with Crippen molar-refractivity contribution in [2.45, 2.75) is 10.1 Å². The molecule has 0 saturated heterocycles. The SMILES string of the molecule is Oc1ccc2ccccc2c1C=Nc1ccc2nc(SCc3ccc(I)cc3)sc2c1. The Morgan fingerprint density at radius 3 is 2.71 bits per heavy atom. The maximum atomic E-state index is 10.3. The van der Waals surface area contributed by atoms with Gasteiger partial charge in [0.1, 0.15) is 5.75 Å². The number of nitrogens with zero attached hydrogens (tertiary/aromatic N) is 2. The summed E-state index contributed by atoms with van der Waals surface area (Å²) in [6.07, 6.45) is 1.74. The molecule has 0 amide bonds. The molecule has 6 heteroatoms. The summed E-state index contributed by atoms with van der Waals surface area (Å²) >= 11 is 5.77. The van der Waals surface area contributed by atoms with Gasteiger partial charge in [-0.2, -0.15) is 0 Å². The fraction of sp³-hybridized carbons (Fsp3) is 0.0400. The van der Waals surface area contributed by atoms with Gasteiger partial charge < -0.3 is 5.11 Å². The van der Waals surface area contributed by atoms with Gasteiger partial charge in [0.15, 0.2) is 4.34 Å². The van der Waals surface area contributed by atoms with Crippen molar-refractivity contribution in [1.82, 2.24) is 4.98 Å². The summed E-state index contributed by atoms with van der Waals surface area (Å²) in [4.78, 5) is 9.38. The Hall–Kier alpha value is -2.42. The molecule has 0 aliphatic carbocycles. The minimum Gasteiger partial charge on any atom is -0.507 e. The highest BCUT2D eigenvalue weighted by Gasteiger charge is 2.07. The number of aromatic hydroxyl groups is 1. The number of rotatable bonds is 5. The number of aromatic nitrogens is 1. The van der Waals surface area contributed by atoms with Crippen LogP contribution in [0.25, 0.3) is 21.0 Å². The number of halogens is 1. The number of thioether (sulfide) groups is 1. The Labute approximate surface area is 202 Å². The molecule has 4 aromatic carbocycles. The molecular formula is C25H17IN2OS2. The normalized spacial score (nSPS) is 11.6. The largest absolute Gasteiger partial charge is 0.507 e. The van der Waals surface area contributed by atoms with Gasteiger partial charge in [0.2, 0.25) is 0 Å². The molecule has 1 N–H and O–H groups in total. The molecule has 0 fully saturated rings. The Morgan fingerprint density at radius 1 is 1.00 bits per heavy atom. The van der Waals surface area contributed by atoms with Crippen molar-refractivity contribution in [2.75, 3.05) is 0 Å². The first kappa shape index (κ1) is 20.5. The number of thiazole rings is 1. The van der Waals surface area contributed by atoms with E-state index in [9.17, 15) is 5.11 Å². The van der Waals surface area contributed by atoms with Crippen LogP contribution in [0.15, 0.2) is 88.2 Å². The molecule has 0 spiro atoms. The van der Waals surface area contributed by atoms with Crippen LogP contribution in [0.4, 0.5) is 5.69 Å². The number of hydrogen-bond acceptors (Lipinski definition) is 5. The minimum absolute atomic E-state index is 0.232. The van der Waals surface area contributed by atoms with E-state index in [0.717, 1.165) is 42.3 Å². The Kier molecular flexibility index (Phi) is 5.93. The van der Waals surface area contributed by atoms with Gasteiger partial charge in [-0.3, -0.25) is 4.99 Å². The van der Waals surface area contributed by atoms with E-state index in [4.69, 9.17) is 4.98 Å². The van der Waals surface area contributed by atoms with Gasteiger partial charge in [-0.1, -0.05) is 54.2 Å². The monoisotopic (exact) mass is 552 g/mol. The Morgan fingerprint density at radius 2 is 1.84 bits per heavy atom. The van der Waals surface area contributed by atoms with Gasteiger partial charge in [-0.05, 0) is 75.3 Å². The smallest absolute Gasteiger partial charge is 0.151 e. The third-order valence-electron chi connectivity index (χ3n) is 4.92. The molecule has 0 aliphatic heterocycles. The number of aliphatic imine (C=N–C) groups is 1. The first-order chi connectivity index (χ1) is 15.2. The van der Waals surface area contributed by atoms with Crippen LogP contribution in [-0.4, -0.2) is 16.3 Å². The van der Waals surface area contributed by atoms with Crippen LogP contribution in [0.3, 0.4) is 0 Å². The second-order valence-corrected chi connectivity index (χ2v) is 10.5. The molecule has 0 aliphatic rings. The lowest BCUT2D eigenvalue weighted by atomic mass is 10.0. The second kappa shape index (κ2) is 8.98. The van der Waals surface area contributed by atoms with Gasteiger partial charge in [-0.25, -0.2) is 4.98 Å². The zero-order valence-corrected chi connectivity index (χ0v) is 20.1. The second-order valence-electron chi connectivity index (χ2n) is 7.02. The fourth-order valence-electron chi connectivity index (χ4n) is 3.32. The maximum Gasteiger partial charge on any atom is 0.151 e. The molecule has 3 nitrogen and oxygen atoms in total. The zero-order valence-electron chi connectivity index (χ0n) is 16.3. The molecule has 1 heterocycles. The van der Waals surface area contributed by atoms with Gasteiger partial charge >= 0.3 is 0 Å². The Balaban J connectivity index is 1.38. The van der Waals surface area contributed by atoms with E-state index >= 15 is 0 Å². The molecule has 1 aromatic heterocycles. The first-order valence-corrected chi connectivity index (χ1v) is 12.6. The highest BCUT2D eigenvalue weighted by molar-refractivity contribution is 14.1. The van der Waals surface area contributed by atoms with Crippen molar-refractivity contribution in [1.29, 1.82) is 0 Å². The van der Waals surface area contributed by atoms with Crippen LogP contribution in [0.1, 0.15) is 11.1 Å². The third-order valence-corrected chi connectivity index (χ3v) is 7.87. The number of phenols is 1. The average molecular weight is 552 g/mol. The summed E-state index contributed by atoms with van der Waals surface area (Å²) in [5.74, 6) is 1.14. The predicted molar refractivity (Wildman–Crippen MR) is 141 cm³/mol. The minimum atomic E-state index is 0.232. The lowest BCUT2D eigenvalue weighted by Gasteiger charge is -2.04. The van der Waals surface area contributed by atoms with Crippen molar-refractivity contribution in [3.8, 4) is 5.75 Å². The third kappa shape index (κ3) is 4.61. The first-order valence-electron chi connectivity index (χ1n) is 9.68. The van der Waals surface area contributed by atoms with Gasteiger partial charge in [0.25, 0.3) is 0 Å². The van der Waals surface area contributed by atoms with Crippen molar-refractivity contribution in [3.63, 3.8) is 0 Å². The van der Waals surface area contributed by atoms with Gasteiger partial charge in [0.05, 0.1) is 15.9 Å². The van der Waals surface area contributed by atoms with Crippen LogP contribution >= 0.6 is 45.7 Å². The van der Waals surface area contributed by atoms with Gasteiger partial charge in [-0.15, -0.1) is 11.3 Å². The number of fused-ring (bicyclic) bond motifs is 2. The van der Waals surface area contributed by atoms with E-state index in [2.05, 4.69) is 57.9 Å². The highest BCUT2D eigenvalue weighted by atomic mass is 127. The van der Waals surface area contributed by atoms with E-state index in [1.165, 1.54) is 9.13 Å². The summed E-state index contributed by atoms with van der Waals surface area (Å²) in [6, 6.07) is 26.3. The van der Waals surface area contributed by atoms with Crippen molar-refractivity contribution in [3.05, 3.63) is 93.6 Å². The van der Waals surface area contributed by atoms with Gasteiger partial charge in [0, 0.05) is 21.1 Å². The van der Waals surface area contributed by atoms with Crippen molar-refractivity contribution >= 4 is 78.6 Å². The molecule has 0 bridgehead atoms. The molecule has 0 unspecified atom stereocenters. The summed E-state index contributed by atoms with van der Waals surface area (Å²) in [5, 5.41) is 12.4. The fourth-order valence-corrected chi connectivity index (χ4v) is 5.74. The lowest BCUT2D eigenvalue weighted by Crippen LogP contribution is -1.85. The summed E-state index contributed by atoms with van der Waals surface area (Å²) < 4.78 is 3.42. The van der Waals surface area contributed by atoms with Crippen molar-refractivity contribution < 1.29 is 5.11 Å². The van der Waals surface area contributed by atoms with Crippen LogP contribution in [-0.2, 0) is 5.75 Å². The zero-order chi connectivity index (χ0) is 21.2. The summed E-state index contributed by atoms with van der Waals surface area (Å²) in [7, 11) is 0. The average Bonchev–Trinajstić information content (AvgIpc) is 3.20. The van der Waals surface area contributed by atoms with E-state index in [0.29, 0.717) is 0 Å². The molecule has 5 rings (SSSR count). The Bertz CT molecular complexity index is 1410. The number of phenolic OH excluding ortho intramolecular Hbond substituents is 1.